The lowest BCUT2D eigenvalue weighted by Gasteiger charge is -2.26. The summed E-state index contributed by atoms with van der Waals surface area (Å²) in [4.78, 5) is 18.1. The second-order valence-corrected chi connectivity index (χ2v) is 4.90. The Labute approximate surface area is 105 Å². The fraction of sp³-hybridized carbons (Fsp3) is 0.500. The number of carbonyl (C=O) groups excluding carboxylic acids is 1. The number of nitrogens with zero attached hydrogens (tertiary/aromatic N) is 2. The second kappa shape index (κ2) is 5.99. The zero-order valence-electron chi connectivity index (χ0n) is 9.90. The van der Waals surface area contributed by atoms with Crippen LogP contribution in [-0.4, -0.2) is 28.4 Å². The lowest BCUT2D eigenvalue weighted by Crippen LogP contribution is -2.37. The van der Waals surface area contributed by atoms with E-state index in [4.69, 9.17) is 0 Å². The summed E-state index contributed by atoms with van der Waals surface area (Å²) in [6, 6.07) is 2.02. The summed E-state index contributed by atoms with van der Waals surface area (Å²) in [5.74, 6) is 0.0469. The fourth-order valence-corrected chi connectivity index (χ4v) is 1.89. The maximum atomic E-state index is 12.2. The van der Waals surface area contributed by atoms with E-state index in [2.05, 4.69) is 27.8 Å². The number of hydrogen-bond acceptors (Lipinski definition) is 2. The van der Waals surface area contributed by atoms with Gasteiger partial charge in [-0.25, -0.2) is 0 Å². The maximum Gasteiger partial charge on any atom is 0.255 e. The summed E-state index contributed by atoms with van der Waals surface area (Å²) in [7, 11) is 0. The van der Waals surface area contributed by atoms with E-state index in [0.717, 1.165) is 17.4 Å². The van der Waals surface area contributed by atoms with E-state index >= 15 is 0 Å². The second-order valence-electron chi connectivity index (χ2n) is 3.98. The quantitative estimate of drug-likeness (QED) is 0.851. The molecule has 0 unspecified atom stereocenters. The molecule has 0 atom stereocenters. The van der Waals surface area contributed by atoms with Crippen molar-refractivity contribution in [3.05, 3.63) is 28.5 Å². The van der Waals surface area contributed by atoms with Crippen LogP contribution >= 0.6 is 15.9 Å². The molecule has 0 aromatic carbocycles. The van der Waals surface area contributed by atoms with Crippen LogP contribution in [0.15, 0.2) is 22.9 Å². The summed E-state index contributed by atoms with van der Waals surface area (Å²) in [5.41, 5.74) is 0.636. The van der Waals surface area contributed by atoms with E-state index in [1.807, 2.05) is 18.7 Å². The topological polar surface area (TPSA) is 33.2 Å². The SMILES string of the molecule is CCCN(C(=O)c1cncc(Br)c1)C(C)C. The molecule has 1 aromatic rings. The predicted molar refractivity (Wildman–Crippen MR) is 68.4 cm³/mol. The number of carbonyl (C=O) groups is 1. The van der Waals surface area contributed by atoms with E-state index in [0.29, 0.717) is 5.56 Å². The summed E-state index contributed by atoms with van der Waals surface area (Å²) in [6.07, 6.45) is 4.25. The third kappa shape index (κ3) is 3.30. The van der Waals surface area contributed by atoms with Crippen LogP contribution in [0.3, 0.4) is 0 Å². The average Bonchev–Trinajstić information content (AvgIpc) is 2.24. The summed E-state index contributed by atoms with van der Waals surface area (Å²) >= 11 is 3.32. The number of amides is 1. The van der Waals surface area contributed by atoms with E-state index in [9.17, 15) is 4.79 Å². The van der Waals surface area contributed by atoms with Gasteiger partial charge in [0.2, 0.25) is 0 Å². The van der Waals surface area contributed by atoms with E-state index in [1.54, 1.807) is 18.5 Å². The Morgan fingerprint density at radius 2 is 2.19 bits per heavy atom. The van der Waals surface area contributed by atoms with E-state index < -0.39 is 0 Å². The summed E-state index contributed by atoms with van der Waals surface area (Å²) in [5, 5.41) is 0. The molecule has 1 amide bonds. The average molecular weight is 285 g/mol. The standard InChI is InChI=1S/C12H17BrN2O/c1-4-5-15(9(2)3)12(16)10-6-11(13)8-14-7-10/h6-9H,4-5H2,1-3H3. The van der Waals surface area contributed by atoms with Crippen molar-refractivity contribution in [3.8, 4) is 0 Å². The van der Waals surface area contributed by atoms with Crippen LogP contribution in [0.1, 0.15) is 37.6 Å². The van der Waals surface area contributed by atoms with Gasteiger partial charge in [-0.15, -0.1) is 0 Å². The van der Waals surface area contributed by atoms with Crippen molar-refractivity contribution in [1.29, 1.82) is 0 Å². The van der Waals surface area contributed by atoms with Gasteiger partial charge >= 0.3 is 0 Å². The Balaban J connectivity index is 2.90. The molecular weight excluding hydrogens is 268 g/mol. The molecule has 0 saturated heterocycles. The molecule has 88 valence electrons. The van der Waals surface area contributed by atoms with Crippen molar-refractivity contribution in [2.75, 3.05) is 6.54 Å². The molecule has 0 aliphatic carbocycles. The molecule has 3 nitrogen and oxygen atoms in total. The van der Waals surface area contributed by atoms with Crippen molar-refractivity contribution in [2.24, 2.45) is 0 Å². The number of pyridine rings is 1. The monoisotopic (exact) mass is 284 g/mol. The minimum absolute atomic E-state index is 0.0469. The van der Waals surface area contributed by atoms with E-state index in [1.165, 1.54) is 0 Å². The zero-order valence-corrected chi connectivity index (χ0v) is 11.5. The molecule has 1 heterocycles. The highest BCUT2D eigenvalue weighted by Crippen LogP contribution is 2.13. The molecule has 4 heteroatoms. The first-order valence-corrected chi connectivity index (χ1v) is 6.27. The number of aromatic nitrogens is 1. The normalized spacial score (nSPS) is 10.6. The molecule has 0 bridgehead atoms. The minimum Gasteiger partial charge on any atom is -0.336 e. The van der Waals surface area contributed by atoms with Crippen LogP contribution < -0.4 is 0 Å². The van der Waals surface area contributed by atoms with Gasteiger partial charge < -0.3 is 4.90 Å². The smallest absolute Gasteiger partial charge is 0.255 e. The van der Waals surface area contributed by atoms with Crippen LogP contribution in [0.25, 0.3) is 0 Å². The van der Waals surface area contributed by atoms with Crippen molar-refractivity contribution in [3.63, 3.8) is 0 Å². The highest BCUT2D eigenvalue weighted by atomic mass is 79.9. The molecule has 0 saturated carbocycles. The van der Waals surface area contributed by atoms with Gasteiger partial charge in [-0.3, -0.25) is 9.78 Å². The third-order valence-corrected chi connectivity index (χ3v) is 2.73. The third-order valence-electron chi connectivity index (χ3n) is 2.30. The van der Waals surface area contributed by atoms with Gasteiger partial charge in [0, 0.05) is 29.5 Å². The van der Waals surface area contributed by atoms with Gasteiger partial charge in [0.25, 0.3) is 5.91 Å². The number of rotatable bonds is 4. The molecule has 0 spiro atoms. The Morgan fingerprint density at radius 3 is 2.69 bits per heavy atom. The maximum absolute atomic E-state index is 12.2. The number of hydrogen-bond donors (Lipinski definition) is 0. The lowest BCUT2D eigenvalue weighted by molar-refractivity contribution is 0.0705. The molecule has 0 N–H and O–H groups in total. The van der Waals surface area contributed by atoms with Crippen LogP contribution in [-0.2, 0) is 0 Å². The van der Waals surface area contributed by atoms with Crippen LogP contribution in [0.2, 0.25) is 0 Å². The Hall–Kier alpha value is -0.900. The summed E-state index contributed by atoms with van der Waals surface area (Å²) < 4.78 is 0.832. The molecule has 1 aromatic heterocycles. The molecule has 0 aliphatic heterocycles. The summed E-state index contributed by atoms with van der Waals surface area (Å²) in [6.45, 7) is 6.91. The Bertz CT molecular complexity index is 366. The largest absolute Gasteiger partial charge is 0.336 e. The van der Waals surface area contributed by atoms with Crippen molar-refractivity contribution in [2.45, 2.75) is 33.2 Å². The first-order valence-electron chi connectivity index (χ1n) is 5.47. The molecule has 0 fully saturated rings. The number of halogens is 1. The van der Waals surface area contributed by atoms with Crippen LogP contribution in [0, 0.1) is 0 Å². The first-order chi connectivity index (χ1) is 7.56. The van der Waals surface area contributed by atoms with Gasteiger partial charge in [0.1, 0.15) is 0 Å². The first kappa shape index (κ1) is 13.2. The van der Waals surface area contributed by atoms with Crippen molar-refractivity contribution in [1.82, 2.24) is 9.88 Å². The highest BCUT2D eigenvalue weighted by Gasteiger charge is 2.18. The van der Waals surface area contributed by atoms with Gasteiger partial charge in [-0.2, -0.15) is 0 Å². The lowest BCUT2D eigenvalue weighted by atomic mass is 10.2. The predicted octanol–water partition coefficient (Wildman–Crippen LogP) is 3.10. The molecule has 0 radical (unpaired) electrons. The van der Waals surface area contributed by atoms with Gasteiger partial charge in [0.05, 0.1) is 5.56 Å². The Morgan fingerprint density at radius 1 is 1.50 bits per heavy atom. The van der Waals surface area contributed by atoms with Crippen LogP contribution in [0.5, 0.6) is 0 Å². The molecule has 0 aliphatic rings. The fourth-order valence-electron chi connectivity index (χ4n) is 1.53. The minimum atomic E-state index is 0.0469. The molecule has 1 rings (SSSR count). The molecular formula is C12H17BrN2O. The highest BCUT2D eigenvalue weighted by molar-refractivity contribution is 9.10. The van der Waals surface area contributed by atoms with Gasteiger partial charge in [-0.1, -0.05) is 6.92 Å². The van der Waals surface area contributed by atoms with Crippen LogP contribution in [0.4, 0.5) is 0 Å². The van der Waals surface area contributed by atoms with E-state index in [-0.39, 0.29) is 11.9 Å². The van der Waals surface area contributed by atoms with Gasteiger partial charge in [0.15, 0.2) is 0 Å². The zero-order chi connectivity index (χ0) is 12.1. The van der Waals surface area contributed by atoms with Crippen molar-refractivity contribution < 1.29 is 4.79 Å². The van der Waals surface area contributed by atoms with Crippen molar-refractivity contribution >= 4 is 21.8 Å². The van der Waals surface area contributed by atoms with Gasteiger partial charge in [-0.05, 0) is 42.3 Å². The molecule has 16 heavy (non-hydrogen) atoms. The Kier molecular flexibility index (Phi) is 4.93.